The van der Waals surface area contributed by atoms with E-state index in [0.717, 1.165) is 0 Å². The molecule has 0 aliphatic carbocycles. The summed E-state index contributed by atoms with van der Waals surface area (Å²) >= 11 is 0. The van der Waals surface area contributed by atoms with Crippen LogP contribution in [-0.4, -0.2) is 17.6 Å². The average molecular weight is 182 g/mol. The lowest BCUT2D eigenvalue weighted by Crippen LogP contribution is -1.91. The molecular formula is C10H13OS+. The Morgan fingerprint density at radius 2 is 2.00 bits per heavy atom. The van der Waals surface area contributed by atoms with E-state index in [2.05, 4.69) is 0 Å². The van der Waals surface area contributed by atoms with Gasteiger partial charge in [-0.15, -0.1) is 0 Å². The van der Waals surface area contributed by atoms with Crippen LogP contribution >= 0.6 is 0 Å². The minimum absolute atomic E-state index is 0.0916. The van der Waals surface area contributed by atoms with E-state index < -0.39 is 0 Å². The predicted molar refractivity (Wildman–Crippen MR) is 56.3 cm³/mol. The fraction of sp³-hybridized carbons (Fsp3) is 0.200. The molecule has 0 radical (unpaired) electrons. The minimum Gasteiger partial charge on any atom is -0.503 e. The van der Waals surface area contributed by atoms with Crippen molar-refractivity contribution in [1.82, 2.24) is 0 Å². The van der Waals surface area contributed by atoms with Crippen LogP contribution in [0, 0.1) is 0 Å². The Labute approximate surface area is 77.5 Å². The molecular weight excluding hydrogens is 168 g/mol. The highest BCUT2D eigenvalue weighted by molar-refractivity contribution is 7.98. The van der Waals surface area contributed by atoms with Crippen LogP contribution in [0.4, 0.5) is 0 Å². The van der Waals surface area contributed by atoms with E-state index in [9.17, 15) is 5.11 Å². The Bertz CT molecular complexity index is 306. The Balaban J connectivity index is 3.03. The van der Waals surface area contributed by atoms with Crippen LogP contribution in [0.3, 0.4) is 0 Å². The molecule has 1 rings (SSSR count). The van der Waals surface area contributed by atoms with Crippen LogP contribution < -0.4 is 0 Å². The number of benzene rings is 1. The van der Waals surface area contributed by atoms with Gasteiger partial charge in [0.2, 0.25) is 0 Å². The van der Waals surface area contributed by atoms with Crippen molar-refractivity contribution in [3.05, 3.63) is 41.3 Å². The van der Waals surface area contributed by atoms with E-state index >= 15 is 0 Å². The summed E-state index contributed by atoms with van der Waals surface area (Å²) in [6.07, 6.45) is 3.84. The molecule has 0 spiro atoms. The van der Waals surface area contributed by atoms with Gasteiger partial charge in [-0.25, -0.2) is 0 Å². The van der Waals surface area contributed by atoms with Gasteiger partial charge < -0.3 is 5.11 Å². The molecule has 1 nitrogen and oxygen atoms in total. The normalized spacial score (nSPS) is 14.1. The van der Waals surface area contributed by atoms with E-state index in [0.29, 0.717) is 10.9 Å². The van der Waals surface area contributed by atoms with Crippen molar-refractivity contribution < 1.29 is 6.48 Å². The average Bonchev–Trinajstić information content (AvgIpc) is 2.17. The third-order valence-electron chi connectivity index (χ3n) is 1.35. The molecule has 0 aliphatic heterocycles. The minimum atomic E-state index is -0.195. The Kier molecular flexibility index (Phi) is 2.72. The zero-order valence-electron chi connectivity index (χ0n) is 8.24. The molecule has 0 saturated carbocycles. The third kappa shape index (κ3) is 2.62. The maximum absolute atomic E-state index is 9.66. The fourth-order valence-corrected chi connectivity index (χ4v) is 1.35. The van der Waals surface area contributed by atoms with E-state index in [1.54, 1.807) is 12.1 Å². The van der Waals surface area contributed by atoms with E-state index in [-0.39, 0.29) is 16.7 Å². The van der Waals surface area contributed by atoms with Gasteiger partial charge in [0.15, 0.2) is 11.1 Å². The predicted octanol–water partition coefficient (Wildman–Crippen LogP) is 2.42. The molecule has 64 valence electrons. The summed E-state index contributed by atoms with van der Waals surface area (Å²) in [5, 5.41) is 9.97. The van der Waals surface area contributed by atoms with Crippen molar-refractivity contribution >= 4 is 16.7 Å². The van der Waals surface area contributed by atoms with Crippen LogP contribution in [0.5, 0.6) is 0 Å². The van der Waals surface area contributed by atoms with E-state index in [1.807, 2.05) is 30.7 Å². The van der Waals surface area contributed by atoms with Crippen LogP contribution in [0.25, 0.3) is 5.76 Å². The number of aliphatic hydroxyl groups excluding tert-OH is 1. The zero-order valence-corrected chi connectivity index (χ0v) is 8.06. The molecule has 0 bridgehead atoms. The maximum atomic E-state index is 9.66. The van der Waals surface area contributed by atoms with E-state index in [1.165, 1.54) is 0 Å². The summed E-state index contributed by atoms with van der Waals surface area (Å²) in [6, 6.07) is 9.19. The van der Waals surface area contributed by atoms with Crippen molar-refractivity contribution in [3.8, 4) is 0 Å². The monoisotopic (exact) mass is 182 g/mol. The Hall–Kier alpha value is -0.890. The fourth-order valence-electron chi connectivity index (χ4n) is 0.848. The van der Waals surface area contributed by atoms with Crippen LogP contribution in [0.1, 0.15) is 6.93 Å². The molecule has 1 N–H and O–H groups in total. The van der Waals surface area contributed by atoms with Gasteiger partial charge in [-0.3, -0.25) is 0 Å². The third-order valence-corrected chi connectivity index (χ3v) is 1.95. The zero-order chi connectivity index (χ0) is 9.84. The maximum Gasteiger partial charge on any atom is 0.170 e. The summed E-state index contributed by atoms with van der Waals surface area (Å²) in [5.74, 6) is 0.0916. The quantitative estimate of drug-likeness (QED) is 0.550. The lowest BCUT2D eigenvalue weighted by atomic mass is 10.2. The first-order chi connectivity index (χ1) is 6.13. The van der Waals surface area contributed by atoms with E-state index in [4.69, 9.17) is 1.37 Å². The molecule has 12 heavy (non-hydrogen) atoms. The van der Waals surface area contributed by atoms with Gasteiger partial charge in [-0.05, 0) is 0 Å². The molecule has 0 aliphatic rings. The number of hydrogen-bond acceptors (Lipinski definition) is 1. The molecule has 0 amide bonds. The first-order valence-electron chi connectivity index (χ1n) is 4.15. The number of hydrogen-bond donors (Lipinski definition) is 1. The molecule has 1 aromatic rings. The van der Waals surface area contributed by atoms with Gasteiger partial charge in [-0.2, -0.15) is 0 Å². The number of aliphatic hydroxyl groups is 1. The first-order valence-corrected chi connectivity index (χ1v) is 5.70. The second kappa shape index (κ2) is 4.21. The van der Waals surface area contributed by atoms with Crippen molar-refractivity contribution in [2.45, 2.75) is 0 Å². The summed E-state index contributed by atoms with van der Waals surface area (Å²) in [4.78, 5) is 0. The summed E-state index contributed by atoms with van der Waals surface area (Å²) in [7, 11) is -0.195. The van der Waals surface area contributed by atoms with Gasteiger partial charge in [0, 0.05) is 16.5 Å². The summed E-state index contributed by atoms with van der Waals surface area (Å²) in [5.41, 5.74) is 0.716. The van der Waals surface area contributed by atoms with Crippen molar-refractivity contribution in [2.75, 3.05) is 12.5 Å². The first kappa shape index (κ1) is 7.74. The van der Waals surface area contributed by atoms with Gasteiger partial charge in [0.05, 0.1) is 0 Å². The van der Waals surface area contributed by atoms with Crippen molar-refractivity contribution in [3.63, 3.8) is 0 Å². The lowest BCUT2D eigenvalue weighted by Gasteiger charge is -1.96. The summed E-state index contributed by atoms with van der Waals surface area (Å²) in [6.45, 7) is 0. The Morgan fingerprint density at radius 1 is 1.42 bits per heavy atom. The molecule has 0 saturated heterocycles. The Morgan fingerprint density at radius 3 is 2.50 bits per heavy atom. The topological polar surface area (TPSA) is 20.2 Å². The highest BCUT2D eigenvalue weighted by atomic mass is 32.2. The van der Waals surface area contributed by atoms with Crippen LogP contribution in [-0.2, 0) is 10.9 Å². The van der Waals surface area contributed by atoms with Crippen molar-refractivity contribution in [1.29, 1.82) is 0 Å². The van der Waals surface area contributed by atoms with Gasteiger partial charge in [0.25, 0.3) is 0 Å². The molecule has 0 unspecified atom stereocenters. The molecule has 1 aromatic carbocycles. The van der Waals surface area contributed by atoms with Crippen LogP contribution in [0.15, 0.2) is 35.7 Å². The highest BCUT2D eigenvalue weighted by Crippen LogP contribution is 2.11. The van der Waals surface area contributed by atoms with Gasteiger partial charge in [0.1, 0.15) is 13.9 Å². The molecule has 2 heteroatoms. The molecule has 0 atom stereocenters. The van der Waals surface area contributed by atoms with Crippen molar-refractivity contribution in [2.24, 2.45) is 0 Å². The number of rotatable bonds is 2. The molecule has 0 aromatic heterocycles. The smallest absolute Gasteiger partial charge is 0.170 e. The van der Waals surface area contributed by atoms with Crippen LogP contribution in [0.2, 0.25) is 0 Å². The largest absolute Gasteiger partial charge is 0.503 e. The molecule has 0 fully saturated rings. The standard InChI is InChI=1S/C10H12OS/c1-12(2)8-10(11)9-6-4-3-5-7-9/h3-8H,1-2H3/p+1/b10-8-/i8D. The molecule has 0 heterocycles. The highest BCUT2D eigenvalue weighted by Gasteiger charge is 2.03. The lowest BCUT2D eigenvalue weighted by molar-refractivity contribution is 0.513. The SMILES string of the molecule is [2H]/C(=C(/O)c1ccccc1)[S+](C)C. The second-order valence-corrected chi connectivity index (χ2v) is 4.47. The van der Waals surface area contributed by atoms with Gasteiger partial charge >= 0.3 is 0 Å². The summed E-state index contributed by atoms with van der Waals surface area (Å²) < 4.78 is 7.61. The van der Waals surface area contributed by atoms with Gasteiger partial charge in [-0.1, -0.05) is 30.3 Å². The second-order valence-electron chi connectivity index (χ2n) is 2.63.